The number of carbonyl (C=O) groups is 4. The number of anilines is 2. The zero-order valence-corrected chi connectivity index (χ0v) is 30.9. The second-order valence-corrected chi connectivity index (χ2v) is 18.9. The van der Waals surface area contributed by atoms with Gasteiger partial charge in [0.15, 0.2) is 20.1 Å². The van der Waals surface area contributed by atoms with Gasteiger partial charge in [-0.15, -0.1) is 0 Å². The third-order valence-electron chi connectivity index (χ3n) is 11.2. The summed E-state index contributed by atoms with van der Waals surface area (Å²) < 4.78 is 12.1. The van der Waals surface area contributed by atoms with Crippen LogP contribution < -0.4 is 9.80 Å². The maximum Gasteiger partial charge on any atom is 0.304 e. The molecule has 4 aliphatic rings. The second-order valence-electron chi connectivity index (χ2n) is 14.9. The van der Waals surface area contributed by atoms with E-state index in [4.69, 9.17) is 9.47 Å². The smallest absolute Gasteiger partial charge is 0.304 e. The topological polar surface area (TPSA) is 180 Å². The molecule has 53 heavy (non-hydrogen) atoms. The number of aliphatic hydroxyl groups excluding tert-OH is 1. The van der Waals surface area contributed by atoms with Crippen LogP contribution in [0.3, 0.4) is 0 Å². The number of carbonyl (C=O) groups excluding carboxylic acids is 4. The van der Waals surface area contributed by atoms with E-state index in [0.29, 0.717) is 29.9 Å². The highest BCUT2D eigenvalue weighted by molar-refractivity contribution is 6.71. The van der Waals surface area contributed by atoms with Crippen molar-refractivity contribution in [1.82, 2.24) is 4.90 Å². The van der Waals surface area contributed by atoms with Crippen LogP contribution >= 0.6 is 0 Å². The Morgan fingerprint density at radius 2 is 1.79 bits per heavy atom. The largest absolute Gasteiger partial charge is 0.441 e. The number of β-lactam (4-membered cyclic amide) rings is 1. The Kier molecular flexibility index (Phi) is 9.25. The number of nitro groups is 1. The lowest BCUT2D eigenvalue weighted by Gasteiger charge is -2.39. The summed E-state index contributed by atoms with van der Waals surface area (Å²) in [6.45, 7) is 6.60. The van der Waals surface area contributed by atoms with E-state index in [1.807, 2.05) is 24.3 Å². The number of nitrogens with zero attached hydrogens (tertiary/aromatic N) is 4. The first-order valence-electron chi connectivity index (χ1n) is 17.7. The molecule has 0 bridgehead atoms. The predicted molar refractivity (Wildman–Crippen MR) is 194 cm³/mol. The van der Waals surface area contributed by atoms with Crippen LogP contribution in [-0.4, -0.2) is 76.7 Å². The highest BCUT2D eigenvalue weighted by atomic mass is 28.4. The molecule has 2 N–H and O–H groups in total. The standard InChI is InChI=1S/C38H42N4O10Si/c1-22-36(53(3,4)50)32(17-33(45)39-20-26-10-6-5-9-25(26)15-29(39)21-43)52-38(22)30-16-28(42(48)49)12-13-31(30)40(37(38)47)19-24-8-7-11-27(14-24)41-34(46)18-35(41)51-23(2)44/h5-14,16,22,29,32,35-36,43,50H,15,17-21H2,1-4H3/t22-,29-,32+,35?,36-,38+/m0/s1. The van der Waals surface area contributed by atoms with E-state index in [0.717, 1.165) is 11.1 Å². The van der Waals surface area contributed by atoms with Crippen molar-refractivity contribution in [2.75, 3.05) is 16.4 Å². The molecule has 15 heteroatoms. The van der Waals surface area contributed by atoms with Crippen LogP contribution in [0.1, 0.15) is 48.9 Å². The minimum absolute atomic E-state index is 0.00908. The van der Waals surface area contributed by atoms with Gasteiger partial charge in [-0.2, -0.15) is 0 Å². The van der Waals surface area contributed by atoms with Gasteiger partial charge in [-0.25, -0.2) is 0 Å². The zero-order valence-electron chi connectivity index (χ0n) is 29.9. The van der Waals surface area contributed by atoms with Gasteiger partial charge in [0.05, 0.1) is 48.7 Å². The molecule has 4 aliphatic heterocycles. The van der Waals surface area contributed by atoms with Gasteiger partial charge in [-0.1, -0.05) is 43.3 Å². The van der Waals surface area contributed by atoms with Gasteiger partial charge in [0.25, 0.3) is 11.6 Å². The number of fused-ring (bicyclic) bond motifs is 3. The summed E-state index contributed by atoms with van der Waals surface area (Å²) in [5, 5.41) is 22.3. The SMILES string of the molecule is CC(=O)OC1CC(=O)N1c1cccc(CN2C(=O)[C@]3(O[C@H](CC(=O)N4Cc5ccccc5C[C@H]4CO)[C@@H]([Si](C)(C)O)[C@@H]3C)c3cc([N+](=O)[O-])ccc32)c1. The molecule has 0 saturated carbocycles. The first-order chi connectivity index (χ1) is 25.1. The fourth-order valence-electron chi connectivity index (χ4n) is 8.84. The number of aliphatic hydroxyl groups is 1. The van der Waals surface area contributed by atoms with Gasteiger partial charge in [0.2, 0.25) is 11.8 Å². The van der Waals surface area contributed by atoms with E-state index in [9.17, 15) is 39.2 Å². The van der Waals surface area contributed by atoms with Crippen LogP contribution in [0.4, 0.5) is 17.1 Å². The lowest BCUT2D eigenvalue weighted by Crippen LogP contribution is -2.54. The lowest BCUT2D eigenvalue weighted by atomic mass is 9.82. The van der Waals surface area contributed by atoms with E-state index in [1.165, 1.54) is 34.9 Å². The molecule has 0 aliphatic carbocycles. The van der Waals surface area contributed by atoms with Crippen molar-refractivity contribution in [2.24, 2.45) is 5.92 Å². The molecule has 3 aromatic rings. The first-order valence-corrected chi connectivity index (χ1v) is 20.7. The Hall–Kier alpha value is -4.96. The maximum absolute atomic E-state index is 14.9. The molecule has 4 heterocycles. The van der Waals surface area contributed by atoms with Crippen LogP contribution in [-0.2, 0) is 53.8 Å². The normalized spacial score (nSPS) is 26.4. The van der Waals surface area contributed by atoms with E-state index in [2.05, 4.69) is 0 Å². The summed E-state index contributed by atoms with van der Waals surface area (Å²) in [5.74, 6) is -2.20. The predicted octanol–water partition coefficient (Wildman–Crippen LogP) is 3.90. The molecule has 3 amide bonds. The fourth-order valence-corrected chi connectivity index (χ4v) is 11.4. The number of non-ortho nitro benzene ring substituents is 1. The molecule has 2 saturated heterocycles. The van der Waals surface area contributed by atoms with E-state index in [-0.39, 0.29) is 49.1 Å². The van der Waals surface area contributed by atoms with Crippen molar-refractivity contribution < 1.29 is 43.5 Å². The molecule has 278 valence electrons. The van der Waals surface area contributed by atoms with Crippen molar-refractivity contribution in [3.05, 3.63) is 99.1 Å². The van der Waals surface area contributed by atoms with Crippen LogP contribution in [0, 0.1) is 16.0 Å². The number of hydrogen-bond donors (Lipinski definition) is 2. The summed E-state index contributed by atoms with van der Waals surface area (Å²) in [6, 6.07) is 18.4. The minimum atomic E-state index is -3.19. The van der Waals surface area contributed by atoms with Crippen molar-refractivity contribution in [3.8, 4) is 0 Å². The molecular weight excluding hydrogens is 701 g/mol. The molecule has 0 aromatic heterocycles. The van der Waals surface area contributed by atoms with Gasteiger partial charge >= 0.3 is 5.97 Å². The lowest BCUT2D eigenvalue weighted by molar-refractivity contribution is -0.385. The molecule has 3 aromatic carbocycles. The van der Waals surface area contributed by atoms with Crippen LogP contribution in [0.5, 0.6) is 0 Å². The molecule has 0 radical (unpaired) electrons. The Balaban J connectivity index is 1.23. The summed E-state index contributed by atoms with van der Waals surface area (Å²) in [6.07, 6.45) is -1.28. The number of esters is 1. The molecule has 1 unspecified atom stereocenters. The molecule has 1 spiro atoms. The van der Waals surface area contributed by atoms with Crippen LogP contribution in [0.15, 0.2) is 66.7 Å². The van der Waals surface area contributed by atoms with Gasteiger partial charge < -0.3 is 29.2 Å². The Morgan fingerprint density at radius 3 is 2.45 bits per heavy atom. The number of amides is 3. The van der Waals surface area contributed by atoms with E-state index in [1.54, 1.807) is 49.2 Å². The zero-order chi connectivity index (χ0) is 38.0. The number of ether oxygens (including phenoxy) is 2. The molecule has 2 fully saturated rings. The van der Waals surface area contributed by atoms with E-state index >= 15 is 0 Å². The third kappa shape index (κ3) is 6.20. The van der Waals surface area contributed by atoms with Crippen LogP contribution in [0.25, 0.3) is 0 Å². The second kappa shape index (κ2) is 13.5. The number of rotatable bonds is 9. The quantitative estimate of drug-likeness (QED) is 0.107. The highest BCUT2D eigenvalue weighted by Gasteiger charge is 2.67. The molecule has 7 rings (SSSR count). The first kappa shape index (κ1) is 36.4. The summed E-state index contributed by atoms with van der Waals surface area (Å²) in [5.41, 5.74) is 1.22. The minimum Gasteiger partial charge on any atom is -0.441 e. The van der Waals surface area contributed by atoms with Gasteiger partial charge in [-0.3, -0.25) is 34.2 Å². The monoisotopic (exact) mass is 742 g/mol. The van der Waals surface area contributed by atoms with E-state index < -0.39 is 60.6 Å². The fraction of sp³-hybridized carbons (Fsp3) is 0.421. The molecule has 14 nitrogen and oxygen atoms in total. The Labute approximate surface area is 307 Å². The maximum atomic E-state index is 14.9. The van der Waals surface area contributed by atoms with Crippen molar-refractivity contribution >= 4 is 49.1 Å². The summed E-state index contributed by atoms with van der Waals surface area (Å²) >= 11 is 0. The highest BCUT2D eigenvalue weighted by Crippen LogP contribution is 2.60. The number of hydrogen-bond acceptors (Lipinski definition) is 10. The number of benzene rings is 3. The van der Waals surface area contributed by atoms with Crippen molar-refractivity contribution in [3.63, 3.8) is 0 Å². The summed E-state index contributed by atoms with van der Waals surface area (Å²) in [7, 11) is -3.19. The van der Waals surface area contributed by atoms with Gasteiger partial charge in [-0.05, 0) is 54.4 Å². The van der Waals surface area contributed by atoms with Crippen molar-refractivity contribution in [1.29, 1.82) is 0 Å². The Bertz CT molecular complexity index is 2020. The number of nitro benzene ring substituents is 1. The van der Waals surface area contributed by atoms with Crippen molar-refractivity contribution in [2.45, 2.75) is 88.8 Å². The average Bonchev–Trinajstić information content (AvgIpc) is 3.52. The third-order valence-corrected chi connectivity index (χ3v) is 13.7. The summed E-state index contributed by atoms with van der Waals surface area (Å²) in [4.78, 5) is 81.0. The van der Waals surface area contributed by atoms with Gasteiger partial charge in [0, 0.05) is 48.3 Å². The average molecular weight is 743 g/mol. The molecular formula is C38H42N4O10Si. The van der Waals surface area contributed by atoms with Crippen LogP contribution in [0.2, 0.25) is 18.6 Å². The molecule has 6 atom stereocenters. The Morgan fingerprint density at radius 1 is 1.06 bits per heavy atom. The van der Waals surface area contributed by atoms with Gasteiger partial charge in [0.1, 0.15) is 0 Å².